The highest BCUT2D eigenvalue weighted by Gasteiger charge is 2.56. The lowest BCUT2D eigenvalue weighted by Gasteiger charge is -2.33. The van der Waals surface area contributed by atoms with E-state index in [1.54, 1.807) is 5.56 Å². The highest BCUT2D eigenvalue weighted by molar-refractivity contribution is 7.25. The summed E-state index contributed by atoms with van der Waals surface area (Å²) in [6.45, 7) is 14.6. The summed E-state index contributed by atoms with van der Waals surface area (Å²) >= 11 is 1.87. The number of allylic oxidation sites excluding steroid dienone is 10. The van der Waals surface area contributed by atoms with Gasteiger partial charge in [0.1, 0.15) is 0 Å². The van der Waals surface area contributed by atoms with Crippen LogP contribution in [-0.4, -0.2) is 10.3 Å². The summed E-state index contributed by atoms with van der Waals surface area (Å²) in [5, 5.41) is 6.66. The number of aliphatic imine (C=N–C) groups is 1. The Morgan fingerprint density at radius 1 is 0.879 bits per heavy atom. The number of fused-ring (bicyclic) bond motifs is 9. The van der Waals surface area contributed by atoms with Crippen molar-refractivity contribution < 1.29 is 0 Å². The van der Waals surface area contributed by atoms with E-state index >= 15 is 0 Å². The maximum absolute atomic E-state index is 5.78. The Morgan fingerprint density at radius 2 is 1.74 bits per heavy atom. The van der Waals surface area contributed by atoms with E-state index in [-0.39, 0.29) is 22.5 Å². The molecule has 12 rings (SSSR count). The van der Waals surface area contributed by atoms with E-state index in [4.69, 9.17) is 4.99 Å². The first-order chi connectivity index (χ1) is 28.0. The van der Waals surface area contributed by atoms with Gasteiger partial charge in [-0.15, -0.1) is 17.1 Å². The zero-order chi connectivity index (χ0) is 39.3. The number of aromatic nitrogens is 1. The Bertz CT molecular complexity index is 3010. The number of nitrogens with zero attached hydrogens (tertiary/aromatic N) is 2. The molecule has 1 N–H and O–H groups in total. The molecule has 0 saturated heterocycles. The molecule has 6 aliphatic carbocycles. The first-order valence-electron chi connectivity index (χ1n) is 21.3. The van der Waals surface area contributed by atoms with Crippen LogP contribution in [0.1, 0.15) is 111 Å². The van der Waals surface area contributed by atoms with Crippen LogP contribution in [-0.2, 0) is 17.3 Å². The van der Waals surface area contributed by atoms with Crippen LogP contribution in [0.25, 0.3) is 37.9 Å². The molecule has 3 nitrogen and oxygen atoms in total. The second kappa shape index (κ2) is 11.8. The maximum atomic E-state index is 5.78. The molecule has 5 unspecified atom stereocenters. The number of hydrogen-bond acceptors (Lipinski definition) is 3. The summed E-state index contributed by atoms with van der Waals surface area (Å²) in [7, 11) is 0. The van der Waals surface area contributed by atoms with Gasteiger partial charge >= 0.3 is 0 Å². The van der Waals surface area contributed by atoms with Crippen LogP contribution in [0.2, 0.25) is 0 Å². The minimum Gasteiger partial charge on any atom is -0.349 e. The average Bonchev–Trinajstić information content (AvgIpc) is 4.07. The molecular weight excluding hydrogens is 723 g/mol. The Morgan fingerprint density at radius 3 is 2.64 bits per heavy atom. The van der Waals surface area contributed by atoms with E-state index in [1.165, 1.54) is 93.1 Å². The Hall–Kier alpha value is -5.41. The van der Waals surface area contributed by atoms with Crippen molar-refractivity contribution >= 4 is 54.9 Å². The molecule has 58 heavy (non-hydrogen) atoms. The molecule has 286 valence electrons. The van der Waals surface area contributed by atoms with Crippen LogP contribution < -0.4 is 5.32 Å². The second-order valence-corrected chi connectivity index (χ2v) is 20.2. The Kier molecular flexibility index (Phi) is 7.07. The van der Waals surface area contributed by atoms with Gasteiger partial charge < -0.3 is 9.88 Å². The van der Waals surface area contributed by atoms with Gasteiger partial charge in [-0.3, -0.25) is 0 Å². The first-order valence-corrected chi connectivity index (χ1v) is 22.1. The van der Waals surface area contributed by atoms with Crippen molar-refractivity contribution in [2.45, 2.75) is 90.3 Å². The third-order valence-corrected chi connectivity index (χ3v) is 16.2. The first kappa shape index (κ1) is 34.6. The fourth-order valence-corrected chi connectivity index (χ4v) is 13.4. The van der Waals surface area contributed by atoms with E-state index in [0.717, 1.165) is 25.7 Å². The Labute approximate surface area is 346 Å². The zero-order valence-corrected chi connectivity index (χ0v) is 35.1. The summed E-state index contributed by atoms with van der Waals surface area (Å²) in [4.78, 5) is 5.78. The maximum Gasteiger partial charge on any atom is 0.201 e. The van der Waals surface area contributed by atoms with Gasteiger partial charge in [-0.1, -0.05) is 114 Å². The number of rotatable bonds is 4. The highest BCUT2D eigenvalue weighted by atomic mass is 32.1. The normalized spacial score (nSPS) is 28.3. The molecule has 0 fully saturated rings. The van der Waals surface area contributed by atoms with Crippen LogP contribution in [0.4, 0.5) is 0 Å². The molecule has 0 spiro atoms. The number of thiophene rings is 1. The van der Waals surface area contributed by atoms with Crippen LogP contribution in [0.15, 0.2) is 136 Å². The molecule has 5 atom stereocenters. The third kappa shape index (κ3) is 4.65. The van der Waals surface area contributed by atoms with Crippen molar-refractivity contribution in [3.8, 4) is 0 Å². The van der Waals surface area contributed by atoms with E-state index in [2.05, 4.69) is 173 Å². The number of benzene rings is 3. The minimum absolute atomic E-state index is 0.0619. The van der Waals surface area contributed by atoms with Crippen molar-refractivity contribution in [1.29, 1.82) is 0 Å². The SMILES string of the molecule is Cc1cccc2c1C1(C)CC(C3=NC(n4c5c(c6c4C(C)CC=C6)CC(C)(C4=C=C(c6ccc7sc8ccccc8c7c6)C=C4)C=C5)NC4=C3C=CC4)=CC1C2(C)C. The van der Waals surface area contributed by atoms with Gasteiger partial charge in [0.25, 0.3) is 0 Å². The fraction of sp³-hybridized carbons (Fsp3) is 0.296. The van der Waals surface area contributed by atoms with Gasteiger partial charge in [0.05, 0.1) is 5.71 Å². The summed E-state index contributed by atoms with van der Waals surface area (Å²) in [5.74, 6) is 0.827. The van der Waals surface area contributed by atoms with Crippen LogP contribution in [0.5, 0.6) is 0 Å². The molecular formula is C54H49N3S. The average molecular weight is 772 g/mol. The lowest BCUT2D eigenvalue weighted by molar-refractivity contribution is 0.299. The highest BCUT2D eigenvalue weighted by Crippen LogP contribution is 2.61. The van der Waals surface area contributed by atoms with E-state index in [1.807, 2.05) is 11.3 Å². The van der Waals surface area contributed by atoms with Crippen molar-refractivity contribution in [2.75, 3.05) is 0 Å². The molecule has 4 heteroatoms. The van der Waals surface area contributed by atoms with E-state index in [0.29, 0.717) is 11.8 Å². The van der Waals surface area contributed by atoms with Crippen LogP contribution in [0.3, 0.4) is 0 Å². The predicted octanol–water partition coefficient (Wildman–Crippen LogP) is 13.3. The minimum atomic E-state index is -0.203. The summed E-state index contributed by atoms with van der Waals surface area (Å²) < 4.78 is 5.26. The van der Waals surface area contributed by atoms with Gasteiger partial charge in [0.15, 0.2) is 0 Å². The molecule has 1 aliphatic heterocycles. The molecule has 0 bridgehead atoms. The molecule has 3 aromatic carbocycles. The van der Waals surface area contributed by atoms with E-state index < -0.39 is 0 Å². The molecule has 3 heterocycles. The van der Waals surface area contributed by atoms with E-state index in [9.17, 15) is 0 Å². The monoisotopic (exact) mass is 771 g/mol. The number of aryl methyl sites for hydroxylation is 1. The standard InChI is InChI=1S/C54H49N3S/c1-31-12-10-17-42-48(31)54(6)29-35(28-47(54)52(42,3)4)49-39-16-11-18-43(39)55-51(56-49)57-44-24-25-53(5,30-41(44)38-15-9-13-32(2)50(38)57)36-22-20-33(26-36)34-21-23-46-40(27-34)37-14-7-8-19-45(37)58-46/h7-12,14-17,19-25,27-28,32,47,51,55H,13,18,29-30H2,1-6H3. The van der Waals surface area contributed by atoms with Crippen LogP contribution in [0, 0.1) is 18.3 Å². The molecule has 5 aromatic rings. The van der Waals surface area contributed by atoms with Crippen LogP contribution >= 0.6 is 11.3 Å². The molecule has 0 saturated carbocycles. The van der Waals surface area contributed by atoms with Crippen molar-refractivity contribution in [2.24, 2.45) is 16.3 Å². The van der Waals surface area contributed by atoms with Gasteiger partial charge in [-0.2, -0.15) is 0 Å². The lowest BCUT2D eigenvalue weighted by Crippen LogP contribution is -2.34. The van der Waals surface area contributed by atoms with Gasteiger partial charge in [0.2, 0.25) is 6.29 Å². The Balaban J connectivity index is 0.938. The number of nitrogens with one attached hydrogen (secondary N) is 1. The smallest absolute Gasteiger partial charge is 0.201 e. The summed E-state index contributed by atoms with van der Waals surface area (Å²) in [6, 6.07) is 22.6. The topological polar surface area (TPSA) is 29.3 Å². The molecule has 2 aromatic heterocycles. The van der Waals surface area contributed by atoms with Crippen molar-refractivity contribution in [1.82, 2.24) is 9.88 Å². The lowest BCUT2D eigenvalue weighted by atomic mass is 9.71. The quantitative estimate of drug-likeness (QED) is 0.181. The second-order valence-electron chi connectivity index (χ2n) is 19.1. The van der Waals surface area contributed by atoms with Gasteiger partial charge in [-0.25, -0.2) is 4.99 Å². The molecule has 0 radical (unpaired) electrons. The fourth-order valence-electron chi connectivity index (χ4n) is 12.3. The summed E-state index contributed by atoms with van der Waals surface area (Å²) in [5.41, 5.74) is 22.8. The number of hydrogen-bond donors (Lipinski definition) is 1. The summed E-state index contributed by atoms with van der Waals surface area (Å²) in [6.07, 6.45) is 25.2. The van der Waals surface area contributed by atoms with Crippen molar-refractivity contribution in [3.05, 3.63) is 176 Å². The van der Waals surface area contributed by atoms with Crippen molar-refractivity contribution in [3.63, 3.8) is 0 Å². The third-order valence-electron chi connectivity index (χ3n) is 15.0. The molecule has 0 amide bonds. The zero-order valence-electron chi connectivity index (χ0n) is 34.3. The molecule has 7 aliphatic rings. The van der Waals surface area contributed by atoms with Gasteiger partial charge in [-0.05, 0) is 113 Å². The predicted molar refractivity (Wildman–Crippen MR) is 244 cm³/mol. The largest absolute Gasteiger partial charge is 0.349 e. The van der Waals surface area contributed by atoms with Gasteiger partial charge in [0, 0.05) is 77.1 Å².